The number of hydrogen-bond acceptors (Lipinski definition) is 5. The van der Waals surface area contributed by atoms with Crippen molar-refractivity contribution in [3.8, 4) is 5.82 Å². The topological polar surface area (TPSA) is 73.8 Å². The van der Waals surface area contributed by atoms with E-state index in [1.165, 1.54) is 17.5 Å². The van der Waals surface area contributed by atoms with Crippen LogP contribution in [0, 0.1) is 0 Å². The molecule has 0 aromatic carbocycles. The second kappa shape index (κ2) is 3.80. The zero-order valence-corrected chi connectivity index (χ0v) is 9.47. The maximum Gasteiger partial charge on any atom is 0.293 e. The molecule has 78 valence electrons. The molecule has 0 spiro atoms. The minimum absolute atomic E-state index is 0.0850. The monoisotopic (exact) mass is 262 g/mol. The first kappa shape index (κ1) is 10.4. The summed E-state index contributed by atoms with van der Waals surface area (Å²) in [4.78, 5) is 15.5. The zero-order chi connectivity index (χ0) is 11.0. The molecule has 0 atom stereocenters. The molecule has 0 aliphatic heterocycles. The van der Waals surface area contributed by atoms with Gasteiger partial charge in [0.2, 0.25) is 0 Å². The van der Waals surface area contributed by atoms with Gasteiger partial charge in [-0.2, -0.15) is 9.78 Å². The van der Waals surface area contributed by atoms with Crippen LogP contribution in [-0.4, -0.2) is 14.8 Å². The van der Waals surface area contributed by atoms with Crippen LogP contribution in [0.15, 0.2) is 16.4 Å². The van der Waals surface area contributed by atoms with Crippen molar-refractivity contribution in [3.05, 3.63) is 32.0 Å². The normalized spacial score (nSPS) is 10.5. The van der Waals surface area contributed by atoms with Gasteiger partial charge in [0.1, 0.15) is 5.02 Å². The number of nitrogens with two attached hydrogens (primary N) is 1. The van der Waals surface area contributed by atoms with Gasteiger partial charge in [0.25, 0.3) is 5.56 Å². The third-order valence-electron chi connectivity index (χ3n) is 1.60. The van der Waals surface area contributed by atoms with E-state index in [2.05, 4.69) is 10.1 Å². The molecule has 15 heavy (non-hydrogen) atoms. The first-order valence-electron chi connectivity index (χ1n) is 3.74. The lowest BCUT2D eigenvalue weighted by Gasteiger charge is -2.00. The minimum Gasteiger partial charge on any atom is -0.375 e. The molecule has 0 saturated carbocycles. The Morgan fingerprint density at radius 1 is 1.47 bits per heavy atom. The van der Waals surface area contributed by atoms with Crippen molar-refractivity contribution in [1.82, 2.24) is 14.8 Å². The fourth-order valence-corrected chi connectivity index (χ4v) is 1.73. The summed E-state index contributed by atoms with van der Waals surface area (Å²) in [5, 5.41) is 5.78. The van der Waals surface area contributed by atoms with E-state index >= 15 is 0 Å². The molecule has 0 radical (unpaired) electrons. The molecular formula is C7H4Cl2N4OS. The molecule has 5 nitrogen and oxygen atoms in total. The first-order valence-corrected chi connectivity index (χ1v) is 5.38. The molecule has 0 saturated heterocycles. The van der Waals surface area contributed by atoms with Crippen LogP contribution in [0.4, 0.5) is 5.13 Å². The first-order chi connectivity index (χ1) is 7.09. The Hall–Kier alpha value is -1.11. The van der Waals surface area contributed by atoms with Crippen LogP contribution in [0.3, 0.4) is 0 Å². The van der Waals surface area contributed by atoms with Crippen molar-refractivity contribution >= 4 is 39.7 Å². The van der Waals surface area contributed by atoms with Gasteiger partial charge in [-0.25, -0.2) is 4.98 Å². The van der Waals surface area contributed by atoms with Gasteiger partial charge in [0.15, 0.2) is 10.9 Å². The van der Waals surface area contributed by atoms with Crippen LogP contribution in [0.1, 0.15) is 0 Å². The van der Waals surface area contributed by atoms with E-state index in [0.717, 1.165) is 4.68 Å². The van der Waals surface area contributed by atoms with Gasteiger partial charge in [-0.15, -0.1) is 11.3 Å². The van der Waals surface area contributed by atoms with Crippen LogP contribution in [-0.2, 0) is 0 Å². The predicted octanol–water partition coefficient (Wildman–Crippen LogP) is 1.58. The molecule has 2 N–H and O–H groups in total. The summed E-state index contributed by atoms with van der Waals surface area (Å²) in [6.07, 6.45) is 1.28. The van der Waals surface area contributed by atoms with Crippen LogP contribution in [0.5, 0.6) is 0 Å². The third-order valence-corrected chi connectivity index (χ3v) is 3.01. The van der Waals surface area contributed by atoms with Gasteiger partial charge in [-0.05, 0) is 0 Å². The number of hydrogen-bond donors (Lipinski definition) is 1. The quantitative estimate of drug-likeness (QED) is 0.847. The summed E-state index contributed by atoms with van der Waals surface area (Å²) in [5.41, 5.74) is 4.92. The average Bonchev–Trinajstić information content (AvgIpc) is 2.61. The molecular weight excluding hydrogens is 259 g/mol. The lowest BCUT2D eigenvalue weighted by Crippen LogP contribution is -2.21. The molecule has 0 bridgehead atoms. The molecule has 0 aliphatic carbocycles. The van der Waals surface area contributed by atoms with Gasteiger partial charge in [-0.3, -0.25) is 4.79 Å². The minimum atomic E-state index is -0.519. The second-order valence-corrected chi connectivity index (χ2v) is 4.24. The number of nitrogen functional groups attached to an aromatic ring is 1. The molecule has 8 heteroatoms. The molecule has 2 aromatic heterocycles. The van der Waals surface area contributed by atoms with Crippen LogP contribution in [0.2, 0.25) is 10.0 Å². The Kier molecular flexibility index (Phi) is 2.64. The summed E-state index contributed by atoms with van der Waals surface area (Å²) >= 11 is 12.5. The van der Waals surface area contributed by atoms with E-state index in [4.69, 9.17) is 28.9 Å². The lowest BCUT2D eigenvalue weighted by atomic mass is 10.5. The Balaban J connectivity index is 2.65. The lowest BCUT2D eigenvalue weighted by molar-refractivity contribution is 0.788. The van der Waals surface area contributed by atoms with Crippen molar-refractivity contribution in [3.63, 3.8) is 0 Å². The second-order valence-electron chi connectivity index (χ2n) is 2.57. The highest BCUT2D eigenvalue weighted by Crippen LogP contribution is 2.17. The van der Waals surface area contributed by atoms with Gasteiger partial charge >= 0.3 is 0 Å². The highest BCUT2D eigenvalue weighted by molar-refractivity contribution is 7.13. The number of aromatic nitrogens is 3. The molecule has 0 amide bonds. The average molecular weight is 263 g/mol. The smallest absolute Gasteiger partial charge is 0.293 e. The maximum atomic E-state index is 11.6. The van der Waals surface area contributed by atoms with Gasteiger partial charge in [0, 0.05) is 5.38 Å². The van der Waals surface area contributed by atoms with E-state index in [9.17, 15) is 4.79 Å². The van der Waals surface area contributed by atoms with Crippen LogP contribution < -0.4 is 11.3 Å². The maximum absolute atomic E-state index is 11.6. The van der Waals surface area contributed by atoms with E-state index in [-0.39, 0.29) is 10.0 Å². The molecule has 0 aliphatic rings. The van der Waals surface area contributed by atoms with Crippen molar-refractivity contribution < 1.29 is 0 Å². The Morgan fingerprint density at radius 2 is 2.20 bits per heavy atom. The predicted molar refractivity (Wildman–Crippen MR) is 59.9 cm³/mol. The fraction of sp³-hybridized carbons (Fsp3) is 0. The number of anilines is 1. The highest BCUT2D eigenvalue weighted by Gasteiger charge is 2.10. The largest absolute Gasteiger partial charge is 0.375 e. The van der Waals surface area contributed by atoms with E-state index in [1.807, 2.05) is 0 Å². The summed E-state index contributed by atoms with van der Waals surface area (Å²) < 4.78 is 1.04. The van der Waals surface area contributed by atoms with Crippen molar-refractivity contribution in [2.24, 2.45) is 0 Å². The number of thiazole rings is 1. The molecule has 2 heterocycles. The Morgan fingerprint density at radius 3 is 2.80 bits per heavy atom. The van der Waals surface area contributed by atoms with Crippen molar-refractivity contribution in [2.45, 2.75) is 0 Å². The fourth-order valence-electron chi connectivity index (χ4n) is 0.952. The summed E-state index contributed by atoms with van der Waals surface area (Å²) in [5.74, 6) is 0.334. The Labute approximate surface area is 98.1 Å². The number of halogens is 2. The summed E-state index contributed by atoms with van der Waals surface area (Å²) in [6.45, 7) is 0. The van der Waals surface area contributed by atoms with Crippen molar-refractivity contribution in [2.75, 3.05) is 5.73 Å². The molecule has 0 unspecified atom stereocenters. The van der Waals surface area contributed by atoms with Gasteiger partial charge in [-0.1, -0.05) is 23.2 Å². The standard InChI is InChI=1S/C7H4Cl2N4OS/c8-3-1-11-13(6(14)5(3)9)4-2-15-7(10)12-4/h1-2H,(H2,10,12). The van der Waals surface area contributed by atoms with E-state index < -0.39 is 5.56 Å². The van der Waals surface area contributed by atoms with Crippen LogP contribution in [0.25, 0.3) is 5.82 Å². The number of nitrogens with zero attached hydrogens (tertiary/aromatic N) is 3. The third kappa shape index (κ3) is 1.83. The van der Waals surface area contributed by atoms with Gasteiger partial charge < -0.3 is 5.73 Å². The molecule has 2 rings (SSSR count). The summed E-state index contributed by atoms with van der Waals surface area (Å²) in [6, 6.07) is 0. The van der Waals surface area contributed by atoms with Gasteiger partial charge in [0.05, 0.1) is 11.2 Å². The van der Waals surface area contributed by atoms with Crippen LogP contribution >= 0.6 is 34.5 Å². The van der Waals surface area contributed by atoms with Crippen molar-refractivity contribution in [1.29, 1.82) is 0 Å². The van der Waals surface area contributed by atoms with E-state index in [0.29, 0.717) is 10.9 Å². The SMILES string of the molecule is Nc1nc(-n2ncc(Cl)c(Cl)c2=O)cs1. The van der Waals surface area contributed by atoms with E-state index in [1.54, 1.807) is 5.38 Å². The molecule has 2 aromatic rings. The summed E-state index contributed by atoms with van der Waals surface area (Å²) in [7, 11) is 0. The highest BCUT2D eigenvalue weighted by atomic mass is 35.5. The number of rotatable bonds is 1. The zero-order valence-electron chi connectivity index (χ0n) is 7.15. The Bertz CT molecular complexity index is 564. The molecule has 0 fully saturated rings.